The Morgan fingerprint density at radius 1 is 0.867 bits per heavy atom. The van der Waals surface area contributed by atoms with Gasteiger partial charge in [-0.15, -0.1) is 0 Å². The van der Waals surface area contributed by atoms with E-state index >= 15 is 0 Å². The highest BCUT2D eigenvalue weighted by molar-refractivity contribution is 6.01. The van der Waals surface area contributed by atoms with Gasteiger partial charge in [0.2, 0.25) is 0 Å². The number of aryl methyl sites for hydroxylation is 1. The molecule has 3 aromatic rings. The van der Waals surface area contributed by atoms with Crippen LogP contribution in [0, 0.1) is 0 Å². The van der Waals surface area contributed by atoms with Crippen molar-refractivity contribution in [2.45, 2.75) is 25.4 Å². The normalized spacial score (nSPS) is 15.0. The van der Waals surface area contributed by atoms with Crippen molar-refractivity contribution in [1.29, 1.82) is 0 Å². The molecule has 1 heterocycles. The molecule has 0 aliphatic carbocycles. The Balaban J connectivity index is 1.45. The van der Waals surface area contributed by atoms with Crippen molar-refractivity contribution in [3.8, 4) is 11.5 Å². The Morgan fingerprint density at radius 2 is 1.67 bits per heavy atom. The standard InChI is InChI=1S/C25H26N2O3/c1-29-22-16-9-14-20(24-26-21-15-6-5-13-19(21)25(28)27-24)23(22)30-17-8-7-12-18-10-3-2-4-11-18/h2-6,9-11,13-16,24,26H,7-8,12,17H2,1H3,(H,27,28). The zero-order valence-electron chi connectivity index (χ0n) is 17.1. The van der Waals surface area contributed by atoms with Gasteiger partial charge in [-0.3, -0.25) is 4.79 Å². The summed E-state index contributed by atoms with van der Waals surface area (Å²) in [5, 5.41) is 6.41. The predicted molar refractivity (Wildman–Crippen MR) is 118 cm³/mol. The maximum absolute atomic E-state index is 12.5. The molecule has 2 N–H and O–H groups in total. The zero-order chi connectivity index (χ0) is 20.8. The van der Waals surface area contributed by atoms with E-state index in [-0.39, 0.29) is 12.1 Å². The minimum atomic E-state index is -0.387. The summed E-state index contributed by atoms with van der Waals surface area (Å²) in [6, 6.07) is 23.7. The summed E-state index contributed by atoms with van der Waals surface area (Å²) in [6.45, 7) is 0.581. The molecule has 0 spiro atoms. The fourth-order valence-electron chi connectivity index (χ4n) is 3.69. The van der Waals surface area contributed by atoms with Crippen LogP contribution in [0.4, 0.5) is 5.69 Å². The van der Waals surface area contributed by atoms with Gasteiger partial charge >= 0.3 is 0 Å². The molecular weight excluding hydrogens is 376 g/mol. The van der Waals surface area contributed by atoms with Crippen LogP contribution in [-0.2, 0) is 6.42 Å². The molecule has 4 rings (SSSR count). The number of hydrogen-bond donors (Lipinski definition) is 2. The Hall–Kier alpha value is -3.47. The van der Waals surface area contributed by atoms with Gasteiger partial charge in [-0.2, -0.15) is 0 Å². The largest absolute Gasteiger partial charge is 0.493 e. The summed E-state index contributed by atoms with van der Waals surface area (Å²) in [7, 11) is 1.63. The van der Waals surface area contributed by atoms with Crippen molar-refractivity contribution in [2.75, 3.05) is 19.0 Å². The lowest BCUT2D eigenvalue weighted by Gasteiger charge is -2.29. The Morgan fingerprint density at radius 3 is 2.50 bits per heavy atom. The molecule has 0 fully saturated rings. The molecule has 154 valence electrons. The van der Waals surface area contributed by atoms with Gasteiger partial charge in [-0.1, -0.05) is 54.6 Å². The van der Waals surface area contributed by atoms with Crippen LogP contribution in [0.3, 0.4) is 0 Å². The molecular formula is C25H26N2O3. The van der Waals surface area contributed by atoms with E-state index < -0.39 is 0 Å². The monoisotopic (exact) mass is 402 g/mol. The molecule has 3 aromatic carbocycles. The predicted octanol–water partition coefficient (Wildman–Crippen LogP) is 4.95. The highest BCUT2D eigenvalue weighted by atomic mass is 16.5. The summed E-state index contributed by atoms with van der Waals surface area (Å²) < 4.78 is 11.7. The van der Waals surface area contributed by atoms with Crippen molar-refractivity contribution in [1.82, 2.24) is 5.32 Å². The van der Waals surface area contributed by atoms with Crippen LogP contribution in [0.1, 0.15) is 40.5 Å². The third-order valence-electron chi connectivity index (χ3n) is 5.24. The van der Waals surface area contributed by atoms with E-state index in [0.29, 0.717) is 23.7 Å². The summed E-state index contributed by atoms with van der Waals surface area (Å²) in [5.74, 6) is 1.22. The van der Waals surface area contributed by atoms with Crippen molar-refractivity contribution in [3.63, 3.8) is 0 Å². The lowest BCUT2D eigenvalue weighted by Crippen LogP contribution is -2.38. The number of hydrogen-bond acceptors (Lipinski definition) is 4. The van der Waals surface area contributed by atoms with E-state index in [1.54, 1.807) is 7.11 Å². The molecule has 1 aliphatic rings. The molecule has 5 heteroatoms. The average molecular weight is 402 g/mol. The number of benzene rings is 3. The fourth-order valence-corrected chi connectivity index (χ4v) is 3.69. The number of carbonyl (C=O) groups is 1. The molecule has 1 aliphatic heterocycles. The Labute approximate surface area is 177 Å². The molecule has 0 saturated heterocycles. The van der Waals surface area contributed by atoms with E-state index in [1.807, 2.05) is 48.5 Å². The summed E-state index contributed by atoms with van der Waals surface area (Å²) in [5.41, 5.74) is 3.63. The molecule has 1 atom stereocenters. The van der Waals surface area contributed by atoms with Gasteiger partial charge in [0.25, 0.3) is 5.91 Å². The number of anilines is 1. The zero-order valence-corrected chi connectivity index (χ0v) is 17.1. The number of amides is 1. The quantitative estimate of drug-likeness (QED) is 0.524. The molecule has 0 saturated carbocycles. The van der Waals surface area contributed by atoms with Crippen LogP contribution in [0.25, 0.3) is 0 Å². The van der Waals surface area contributed by atoms with Crippen LogP contribution in [0.15, 0.2) is 72.8 Å². The van der Waals surface area contributed by atoms with E-state index in [4.69, 9.17) is 9.47 Å². The third-order valence-corrected chi connectivity index (χ3v) is 5.24. The van der Waals surface area contributed by atoms with Crippen molar-refractivity contribution in [3.05, 3.63) is 89.5 Å². The van der Waals surface area contributed by atoms with Gasteiger partial charge in [-0.25, -0.2) is 0 Å². The van der Waals surface area contributed by atoms with E-state index in [0.717, 1.165) is 30.5 Å². The van der Waals surface area contributed by atoms with Crippen LogP contribution < -0.4 is 20.1 Å². The number of nitrogens with one attached hydrogen (secondary N) is 2. The molecule has 30 heavy (non-hydrogen) atoms. The third kappa shape index (κ3) is 4.40. The van der Waals surface area contributed by atoms with Crippen molar-refractivity contribution in [2.24, 2.45) is 0 Å². The van der Waals surface area contributed by atoms with Crippen LogP contribution in [-0.4, -0.2) is 19.6 Å². The average Bonchev–Trinajstić information content (AvgIpc) is 2.79. The maximum atomic E-state index is 12.5. The van der Waals surface area contributed by atoms with Gasteiger partial charge in [0.05, 0.1) is 19.3 Å². The number of carbonyl (C=O) groups excluding carboxylic acids is 1. The summed E-state index contributed by atoms with van der Waals surface area (Å²) in [4.78, 5) is 12.5. The van der Waals surface area contributed by atoms with E-state index in [1.165, 1.54) is 5.56 Å². The lowest BCUT2D eigenvalue weighted by atomic mass is 10.0. The first kappa shape index (κ1) is 19.8. The summed E-state index contributed by atoms with van der Waals surface area (Å²) >= 11 is 0. The first-order valence-corrected chi connectivity index (χ1v) is 10.3. The van der Waals surface area contributed by atoms with E-state index in [2.05, 4.69) is 34.9 Å². The SMILES string of the molecule is COc1cccc(C2NC(=O)c3ccccc3N2)c1OCCCCc1ccccc1. The number of rotatable bonds is 8. The van der Waals surface area contributed by atoms with Gasteiger partial charge in [0.1, 0.15) is 6.17 Å². The Bertz CT molecular complexity index is 1000. The first-order valence-electron chi connectivity index (χ1n) is 10.3. The van der Waals surface area contributed by atoms with Crippen molar-refractivity contribution < 1.29 is 14.3 Å². The molecule has 0 radical (unpaired) electrons. The second kappa shape index (κ2) is 9.35. The first-order chi connectivity index (χ1) is 14.8. The van der Waals surface area contributed by atoms with Crippen LogP contribution >= 0.6 is 0 Å². The van der Waals surface area contributed by atoms with Crippen molar-refractivity contribution >= 4 is 11.6 Å². The highest BCUT2D eigenvalue weighted by Gasteiger charge is 2.27. The second-order valence-corrected chi connectivity index (χ2v) is 7.27. The number of para-hydroxylation sites is 2. The topological polar surface area (TPSA) is 59.6 Å². The number of unbranched alkanes of at least 4 members (excludes halogenated alkanes) is 1. The molecule has 5 nitrogen and oxygen atoms in total. The smallest absolute Gasteiger partial charge is 0.255 e. The van der Waals surface area contributed by atoms with Gasteiger partial charge in [0.15, 0.2) is 11.5 Å². The van der Waals surface area contributed by atoms with Gasteiger partial charge in [-0.05, 0) is 43.0 Å². The molecule has 0 bridgehead atoms. The Kier molecular flexibility index (Phi) is 6.18. The molecule has 1 amide bonds. The number of fused-ring (bicyclic) bond motifs is 1. The fraction of sp³-hybridized carbons (Fsp3) is 0.240. The van der Waals surface area contributed by atoms with Crippen LogP contribution in [0.5, 0.6) is 11.5 Å². The molecule has 0 aromatic heterocycles. The number of ether oxygens (including phenoxy) is 2. The number of methoxy groups -OCH3 is 1. The maximum Gasteiger partial charge on any atom is 0.255 e. The highest BCUT2D eigenvalue weighted by Crippen LogP contribution is 2.37. The summed E-state index contributed by atoms with van der Waals surface area (Å²) in [6.07, 6.45) is 2.61. The minimum absolute atomic E-state index is 0.106. The van der Waals surface area contributed by atoms with Crippen LogP contribution in [0.2, 0.25) is 0 Å². The second-order valence-electron chi connectivity index (χ2n) is 7.27. The van der Waals surface area contributed by atoms with Gasteiger partial charge in [0, 0.05) is 11.3 Å². The van der Waals surface area contributed by atoms with Gasteiger partial charge < -0.3 is 20.1 Å². The molecule has 1 unspecified atom stereocenters. The van der Waals surface area contributed by atoms with E-state index in [9.17, 15) is 4.79 Å². The minimum Gasteiger partial charge on any atom is -0.493 e. The lowest BCUT2D eigenvalue weighted by molar-refractivity contribution is 0.0935.